The first-order chi connectivity index (χ1) is 4.41. The molecular formula is C8H13I. The molecule has 0 spiro atoms. The SMILES string of the molecule is C=CCCCC/C=C/I. The molecule has 1 heteroatoms. The van der Waals surface area contributed by atoms with Crippen LogP contribution in [0.15, 0.2) is 22.8 Å². The zero-order valence-corrected chi connectivity index (χ0v) is 7.80. The highest BCUT2D eigenvalue weighted by atomic mass is 127. The summed E-state index contributed by atoms with van der Waals surface area (Å²) in [5.41, 5.74) is 0. The van der Waals surface area contributed by atoms with Crippen LogP contribution in [0.2, 0.25) is 0 Å². The van der Waals surface area contributed by atoms with E-state index in [-0.39, 0.29) is 0 Å². The maximum atomic E-state index is 3.66. The van der Waals surface area contributed by atoms with E-state index in [1.165, 1.54) is 19.3 Å². The van der Waals surface area contributed by atoms with Crippen LogP contribution >= 0.6 is 22.6 Å². The fourth-order valence-electron chi connectivity index (χ4n) is 0.614. The molecule has 0 aromatic carbocycles. The molecule has 0 bridgehead atoms. The molecule has 0 unspecified atom stereocenters. The minimum Gasteiger partial charge on any atom is -0.103 e. The average Bonchev–Trinajstić information content (AvgIpc) is 1.89. The lowest BCUT2D eigenvalue weighted by atomic mass is 10.2. The summed E-state index contributed by atoms with van der Waals surface area (Å²) in [6.45, 7) is 3.66. The summed E-state index contributed by atoms with van der Waals surface area (Å²) in [6.07, 6.45) is 9.14. The van der Waals surface area contributed by atoms with Gasteiger partial charge in [-0.15, -0.1) is 6.58 Å². The van der Waals surface area contributed by atoms with E-state index in [0.717, 1.165) is 6.42 Å². The molecule has 0 amide bonds. The average molecular weight is 236 g/mol. The van der Waals surface area contributed by atoms with Crippen LogP contribution in [0, 0.1) is 0 Å². The number of allylic oxidation sites excluding steroid dienone is 2. The lowest BCUT2D eigenvalue weighted by molar-refractivity contribution is 0.763. The van der Waals surface area contributed by atoms with Gasteiger partial charge in [-0.2, -0.15) is 0 Å². The molecule has 0 aliphatic heterocycles. The van der Waals surface area contributed by atoms with Crippen LogP contribution in [0.4, 0.5) is 0 Å². The Kier molecular flexibility index (Phi) is 8.40. The standard InChI is InChI=1S/C8H13I/c1-2-3-4-5-6-7-8-9/h2,7-8H,1,3-6H2/b8-7+. The summed E-state index contributed by atoms with van der Waals surface area (Å²) in [5, 5.41) is 0. The quantitative estimate of drug-likeness (QED) is 0.388. The number of rotatable bonds is 5. The van der Waals surface area contributed by atoms with Crippen molar-refractivity contribution < 1.29 is 0 Å². The van der Waals surface area contributed by atoms with Crippen LogP contribution in [-0.4, -0.2) is 0 Å². The lowest BCUT2D eigenvalue weighted by Crippen LogP contribution is -1.69. The Hall–Kier alpha value is 0.210. The van der Waals surface area contributed by atoms with E-state index in [2.05, 4.69) is 39.3 Å². The summed E-state index contributed by atoms with van der Waals surface area (Å²) in [5.74, 6) is 0. The molecule has 0 aliphatic carbocycles. The Labute approximate surface area is 71.2 Å². The predicted octanol–water partition coefficient (Wildman–Crippen LogP) is 3.68. The Morgan fingerprint density at radius 1 is 1.22 bits per heavy atom. The minimum atomic E-state index is 1.16. The van der Waals surface area contributed by atoms with Gasteiger partial charge in [0.1, 0.15) is 0 Å². The van der Waals surface area contributed by atoms with Crippen LogP contribution in [0.1, 0.15) is 25.7 Å². The van der Waals surface area contributed by atoms with Crippen molar-refractivity contribution in [3.8, 4) is 0 Å². The van der Waals surface area contributed by atoms with Crippen molar-refractivity contribution in [2.45, 2.75) is 25.7 Å². The zero-order chi connectivity index (χ0) is 6.95. The molecule has 0 rings (SSSR count). The first-order valence-corrected chi connectivity index (χ1v) is 4.52. The van der Waals surface area contributed by atoms with Crippen molar-refractivity contribution in [2.75, 3.05) is 0 Å². The van der Waals surface area contributed by atoms with E-state index in [9.17, 15) is 0 Å². The summed E-state index contributed by atoms with van der Waals surface area (Å²) >= 11 is 2.25. The van der Waals surface area contributed by atoms with Crippen molar-refractivity contribution >= 4 is 22.6 Å². The van der Waals surface area contributed by atoms with Crippen LogP contribution in [-0.2, 0) is 0 Å². The molecule has 0 aliphatic rings. The Morgan fingerprint density at radius 3 is 2.44 bits per heavy atom. The van der Waals surface area contributed by atoms with Gasteiger partial charge >= 0.3 is 0 Å². The van der Waals surface area contributed by atoms with Gasteiger partial charge < -0.3 is 0 Å². The molecule has 52 valence electrons. The van der Waals surface area contributed by atoms with Gasteiger partial charge in [-0.3, -0.25) is 0 Å². The zero-order valence-electron chi connectivity index (χ0n) is 5.65. The van der Waals surface area contributed by atoms with E-state index >= 15 is 0 Å². The van der Waals surface area contributed by atoms with Crippen molar-refractivity contribution in [1.82, 2.24) is 0 Å². The normalized spacial score (nSPS) is 10.3. The highest BCUT2D eigenvalue weighted by Gasteiger charge is 1.80. The summed E-state index contributed by atoms with van der Waals surface area (Å²) < 4.78 is 2.08. The van der Waals surface area contributed by atoms with Gasteiger partial charge in [-0.05, 0) is 29.8 Å². The molecule has 9 heavy (non-hydrogen) atoms. The van der Waals surface area contributed by atoms with Crippen molar-refractivity contribution in [1.29, 1.82) is 0 Å². The third-order valence-electron chi connectivity index (χ3n) is 1.12. The monoisotopic (exact) mass is 236 g/mol. The maximum Gasteiger partial charge on any atom is -0.0274 e. The van der Waals surface area contributed by atoms with Gasteiger partial charge in [-0.25, -0.2) is 0 Å². The second-order valence-electron chi connectivity index (χ2n) is 1.93. The summed E-state index contributed by atoms with van der Waals surface area (Å²) in [4.78, 5) is 0. The van der Waals surface area contributed by atoms with Crippen molar-refractivity contribution in [3.05, 3.63) is 22.8 Å². The third-order valence-corrected chi connectivity index (χ3v) is 1.63. The van der Waals surface area contributed by atoms with Crippen LogP contribution in [0.25, 0.3) is 0 Å². The fraction of sp³-hybridized carbons (Fsp3) is 0.500. The van der Waals surface area contributed by atoms with Gasteiger partial charge in [0, 0.05) is 0 Å². The summed E-state index contributed by atoms with van der Waals surface area (Å²) in [7, 11) is 0. The van der Waals surface area contributed by atoms with Crippen LogP contribution in [0.5, 0.6) is 0 Å². The molecule has 0 saturated carbocycles. The molecule has 0 radical (unpaired) electrons. The van der Waals surface area contributed by atoms with Crippen molar-refractivity contribution in [3.63, 3.8) is 0 Å². The Balaban J connectivity index is 2.82. The number of halogens is 1. The van der Waals surface area contributed by atoms with Gasteiger partial charge in [-0.1, -0.05) is 34.7 Å². The van der Waals surface area contributed by atoms with E-state index in [1.54, 1.807) is 0 Å². The lowest BCUT2D eigenvalue weighted by Gasteiger charge is -1.89. The van der Waals surface area contributed by atoms with Gasteiger partial charge in [0.15, 0.2) is 0 Å². The number of hydrogen-bond acceptors (Lipinski definition) is 0. The topological polar surface area (TPSA) is 0 Å². The minimum absolute atomic E-state index is 1.16. The maximum absolute atomic E-state index is 3.66. The molecule has 0 nitrogen and oxygen atoms in total. The van der Waals surface area contributed by atoms with Gasteiger partial charge in [0.2, 0.25) is 0 Å². The molecular weight excluding hydrogens is 223 g/mol. The Bertz CT molecular complexity index is 84.6. The van der Waals surface area contributed by atoms with Crippen molar-refractivity contribution in [2.24, 2.45) is 0 Å². The predicted molar refractivity (Wildman–Crippen MR) is 51.8 cm³/mol. The second-order valence-corrected chi connectivity index (χ2v) is 2.65. The molecule has 0 heterocycles. The highest BCUT2D eigenvalue weighted by Crippen LogP contribution is 2.01. The van der Waals surface area contributed by atoms with E-state index in [4.69, 9.17) is 0 Å². The smallest absolute Gasteiger partial charge is 0.0274 e. The molecule has 0 aromatic heterocycles. The molecule has 0 saturated heterocycles. The van der Waals surface area contributed by atoms with Gasteiger partial charge in [0.25, 0.3) is 0 Å². The first kappa shape index (κ1) is 9.21. The number of unbranched alkanes of at least 4 members (excludes halogenated alkanes) is 3. The Morgan fingerprint density at radius 2 is 1.89 bits per heavy atom. The largest absolute Gasteiger partial charge is 0.103 e. The van der Waals surface area contributed by atoms with Crippen LogP contribution < -0.4 is 0 Å². The third kappa shape index (κ3) is 8.21. The fourth-order valence-corrected chi connectivity index (χ4v) is 0.973. The summed E-state index contributed by atoms with van der Waals surface area (Å²) in [6, 6.07) is 0. The molecule has 0 N–H and O–H groups in total. The highest BCUT2D eigenvalue weighted by molar-refractivity contribution is 14.1. The second kappa shape index (κ2) is 8.21. The number of hydrogen-bond donors (Lipinski definition) is 0. The van der Waals surface area contributed by atoms with Crippen LogP contribution in [0.3, 0.4) is 0 Å². The molecule has 0 aromatic rings. The van der Waals surface area contributed by atoms with E-state index in [0.29, 0.717) is 0 Å². The van der Waals surface area contributed by atoms with E-state index < -0.39 is 0 Å². The van der Waals surface area contributed by atoms with E-state index in [1.807, 2.05) is 6.08 Å². The molecule has 0 fully saturated rings. The first-order valence-electron chi connectivity index (χ1n) is 3.28. The molecule has 0 atom stereocenters. The van der Waals surface area contributed by atoms with Gasteiger partial charge in [0.05, 0.1) is 0 Å².